The summed E-state index contributed by atoms with van der Waals surface area (Å²) in [6, 6.07) is -0.175. The van der Waals surface area contributed by atoms with Crippen molar-refractivity contribution < 1.29 is 15.3 Å². The van der Waals surface area contributed by atoms with Gasteiger partial charge >= 0.3 is 0 Å². The lowest BCUT2D eigenvalue weighted by Gasteiger charge is -2.42. The molecule has 0 aromatic heterocycles. The number of aliphatic hydroxyl groups is 3. The maximum atomic E-state index is 9.67. The van der Waals surface area contributed by atoms with Crippen molar-refractivity contribution in [2.24, 2.45) is 5.41 Å². The third kappa shape index (κ3) is 2.20. The summed E-state index contributed by atoms with van der Waals surface area (Å²) in [5.41, 5.74) is -0.124. The molecule has 4 atom stereocenters. The van der Waals surface area contributed by atoms with Crippen LogP contribution in [0.2, 0.25) is 0 Å². The fraction of sp³-hybridized carbons (Fsp3) is 1.00. The van der Waals surface area contributed by atoms with Crippen molar-refractivity contribution in [3.05, 3.63) is 0 Å². The van der Waals surface area contributed by atoms with E-state index in [1.807, 2.05) is 20.8 Å². The molecule has 0 aromatic carbocycles. The molecular weight excluding hydrogens is 170 g/mol. The minimum absolute atomic E-state index is 0.124. The van der Waals surface area contributed by atoms with Crippen LogP contribution in [0.5, 0.6) is 0 Å². The standard InChI is InChI=1S/C9H19NO3/c1-9(2,3)8-7(13)6(12)5(11)4-10-8/h5-8,10-13H,4H2,1-3H3. The summed E-state index contributed by atoms with van der Waals surface area (Å²) >= 11 is 0. The second-order valence-corrected chi connectivity index (χ2v) is 4.80. The quantitative estimate of drug-likeness (QED) is 0.398. The van der Waals surface area contributed by atoms with Crippen LogP contribution in [0.25, 0.3) is 0 Å². The lowest BCUT2D eigenvalue weighted by atomic mass is 9.79. The summed E-state index contributed by atoms with van der Waals surface area (Å²) in [7, 11) is 0. The fourth-order valence-corrected chi connectivity index (χ4v) is 1.73. The van der Waals surface area contributed by atoms with Crippen molar-refractivity contribution >= 4 is 0 Å². The highest BCUT2D eigenvalue weighted by Crippen LogP contribution is 2.26. The minimum Gasteiger partial charge on any atom is -0.389 e. The number of nitrogens with one attached hydrogen (secondary N) is 1. The first-order valence-electron chi connectivity index (χ1n) is 4.61. The van der Waals surface area contributed by atoms with Gasteiger partial charge in [0.15, 0.2) is 0 Å². The molecule has 1 fully saturated rings. The summed E-state index contributed by atoms with van der Waals surface area (Å²) in [6.45, 7) is 6.29. The molecule has 1 heterocycles. The average molecular weight is 189 g/mol. The van der Waals surface area contributed by atoms with Gasteiger partial charge in [0.25, 0.3) is 0 Å². The Morgan fingerprint density at radius 2 is 1.62 bits per heavy atom. The zero-order valence-electron chi connectivity index (χ0n) is 8.36. The van der Waals surface area contributed by atoms with E-state index in [1.54, 1.807) is 0 Å². The smallest absolute Gasteiger partial charge is 0.108 e. The second-order valence-electron chi connectivity index (χ2n) is 4.80. The molecule has 4 nitrogen and oxygen atoms in total. The highest BCUT2D eigenvalue weighted by Gasteiger charge is 2.41. The molecule has 0 amide bonds. The lowest BCUT2D eigenvalue weighted by molar-refractivity contribution is -0.110. The summed E-state index contributed by atoms with van der Waals surface area (Å²) in [5.74, 6) is 0. The topological polar surface area (TPSA) is 72.7 Å². The Balaban J connectivity index is 2.70. The molecule has 0 saturated carbocycles. The zero-order valence-corrected chi connectivity index (χ0v) is 8.36. The predicted octanol–water partition coefficient (Wildman–Crippen LogP) is -0.913. The van der Waals surface area contributed by atoms with Gasteiger partial charge in [-0.2, -0.15) is 0 Å². The van der Waals surface area contributed by atoms with Gasteiger partial charge in [0.1, 0.15) is 6.10 Å². The van der Waals surface area contributed by atoms with Crippen molar-refractivity contribution in [3.8, 4) is 0 Å². The van der Waals surface area contributed by atoms with E-state index < -0.39 is 18.3 Å². The van der Waals surface area contributed by atoms with Crippen molar-refractivity contribution in [1.29, 1.82) is 0 Å². The van der Waals surface area contributed by atoms with Crippen LogP contribution >= 0.6 is 0 Å². The van der Waals surface area contributed by atoms with Crippen LogP contribution in [0.4, 0.5) is 0 Å². The molecule has 0 radical (unpaired) electrons. The molecule has 0 spiro atoms. The highest BCUT2D eigenvalue weighted by molar-refractivity contribution is 4.97. The maximum absolute atomic E-state index is 9.67. The van der Waals surface area contributed by atoms with E-state index >= 15 is 0 Å². The van der Waals surface area contributed by atoms with Crippen molar-refractivity contribution in [1.82, 2.24) is 5.32 Å². The van der Waals surface area contributed by atoms with Gasteiger partial charge in [0.05, 0.1) is 12.2 Å². The van der Waals surface area contributed by atoms with E-state index in [0.29, 0.717) is 6.54 Å². The summed E-state index contributed by atoms with van der Waals surface area (Å²) in [5, 5.41) is 31.4. The van der Waals surface area contributed by atoms with Crippen LogP contribution in [0.15, 0.2) is 0 Å². The van der Waals surface area contributed by atoms with E-state index in [4.69, 9.17) is 0 Å². The molecule has 0 aliphatic carbocycles. The molecule has 1 aliphatic rings. The molecule has 1 rings (SSSR count). The van der Waals surface area contributed by atoms with E-state index in [9.17, 15) is 15.3 Å². The Morgan fingerprint density at radius 3 is 2.08 bits per heavy atom. The molecule has 4 heteroatoms. The van der Waals surface area contributed by atoms with Gasteiger partial charge in [-0.3, -0.25) is 0 Å². The normalized spacial score (nSPS) is 42.0. The van der Waals surface area contributed by atoms with Crippen LogP contribution < -0.4 is 5.32 Å². The monoisotopic (exact) mass is 189 g/mol. The summed E-state index contributed by atoms with van der Waals surface area (Å²) in [6.07, 6.45) is -2.80. The van der Waals surface area contributed by atoms with Gasteiger partial charge in [0, 0.05) is 12.6 Å². The first-order chi connectivity index (χ1) is 5.84. The van der Waals surface area contributed by atoms with Gasteiger partial charge < -0.3 is 20.6 Å². The molecule has 4 unspecified atom stereocenters. The molecular formula is C9H19NO3. The molecule has 0 aromatic rings. The Morgan fingerprint density at radius 1 is 1.08 bits per heavy atom. The van der Waals surface area contributed by atoms with E-state index in [2.05, 4.69) is 5.32 Å². The molecule has 1 saturated heterocycles. The van der Waals surface area contributed by atoms with Gasteiger partial charge in [-0.25, -0.2) is 0 Å². The van der Waals surface area contributed by atoms with Gasteiger partial charge in [-0.15, -0.1) is 0 Å². The summed E-state index contributed by atoms with van der Waals surface area (Å²) < 4.78 is 0. The lowest BCUT2D eigenvalue weighted by Crippen LogP contribution is -2.63. The fourth-order valence-electron chi connectivity index (χ4n) is 1.73. The Labute approximate surface area is 78.6 Å². The van der Waals surface area contributed by atoms with E-state index in [0.717, 1.165) is 0 Å². The van der Waals surface area contributed by atoms with Gasteiger partial charge in [-0.1, -0.05) is 20.8 Å². The molecule has 1 aliphatic heterocycles. The van der Waals surface area contributed by atoms with Gasteiger partial charge in [-0.05, 0) is 5.41 Å². The first kappa shape index (κ1) is 10.9. The molecule has 13 heavy (non-hydrogen) atoms. The van der Waals surface area contributed by atoms with Crippen molar-refractivity contribution in [2.75, 3.05) is 6.54 Å². The van der Waals surface area contributed by atoms with Crippen LogP contribution in [0.1, 0.15) is 20.8 Å². The number of hydrogen-bond donors (Lipinski definition) is 4. The number of piperidine rings is 1. The Bertz CT molecular complexity index is 178. The third-order valence-corrected chi connectivity index (χ3v) is 2.57. The Hall–Kier alpha value is -0.160. The van der Waals surface area contributed by atoms with Crippen LogP contribution in [0.3, 0.4) is 0 Å². The van der Waals surface area contributed by atoms with Crippen molar-refractivity contribution in [3.63, 3.8) is 0 Å². The maximum Gasteiger partial charge on any atom is 0.108 e. The number of β-amino-alcohol motifs (C(OH)–C–C–N with tert-alkyl or cyclic N) is 1. The number of rotatable bonds is 0. The SMILES string of the molecule is CC(C)(C)C1NCC(O)C(O)C1O. The molecule has 4 N–H and O–H groups in total. The summed E-state index contributed by atoms with van der Waals surface area (Å²) in [4.78, 5) is 0. The number of aliphatic hydroxyl groups excluding tert-OH is 3. The van der Waals surface area contributed by atoms with Crippen molar-refractivity contribution in [2.45, 2.75) is 45.1 Å². The predicted molar refractivity (Wildman–Crippen MR) is 49.3 cm³/mol. The van der Waals surface area contributed by atoms with Gasteiger partial charge in [0.2, 0.25) is 0 Å². The van der Waals surface area contributed by atoms with E-state index in [-0.39, 0.29) is 11.5 Å². The molecule has 0 bridgehead atoms. The zero-order chi connectivity index (χ0) is 10.2. The Kier molecular flexibility index (Phi) is 2.97. The second kappa shape index (κ2) is 3.53. The van der Waals surface area contributed by atoms with Crippen LogP contribution in [-0.4, -0.2) is 46.2 Å². The largest absolute Gasteiger partial charge is 0.389 e. The third-order valence-electron chi connectivity index (χ3n) is 2.57. The number of hydrogen-bond acceptors (Lipinski definition) is 4. The minimum atomic E-state index is -1.04. The average Bonchev–Trinajstić information content (AvgIpc) is 1.98. The molecule has 78 valence electrons. The highest BCUT2D eigenvalue weighted by atomic mass is 16.4. The first-order valence-corrected chi connectivity index (χ1v) is 4.61. The van der Waals surface area contributed by atoms with E-state index in [1.165, 1.54) is 0 Å². The van der Waals surface area contributed by atoms with Crippen LogP contribution in [0, 0.1) is 5.41 Å². The van der Waals surface area contributed by atoms with Crippen LogP contribution in [-0.2, 0) is 0 Å².